The number of alkyl halides is 5. The first-order valence-corrected chi connectivity index (χ1v) is 5.54. The molecule has 0 saturated heterocycles. The van der Waals surface area contributed by atoms with Crippen molar-refractivity contribution in [3.8, 4) is 0 Å². The second-order valence-electron chi connectivity index (χ2n) is 3.09. The molecule has 0 aliphatic rings. The maximum Gasteiger partial charge on any atom is 0.421 e. The van der Waals surface area contributed by atoms with E-state index in [0.29, 0.717) is 0 Å². The summed E-state index contributed by atoms with van der Waals surface area (Å²) in [7, 11) is 0. The molecule has 0 radical (unpaired) electrons. The summed E-state index contributed by atoms with van der Waals surface area (Å²) < 4.78 is 34.4. The van der Waals surface area contributed by atoms with Crippen LogP contribution in [0.4, 0.5) is 13.2 Å². The van der Waals surface area contributed by atoms with Crippen molar-refractivity contribution in [1.82, 2.24) is 0 Å². The quantitative estimate of drug-likeness (QED) is 0.652. The summed E-state index contributed by atoms with van der Waals surface area (Å²) in [6.45, 7) is 0. The molecule has 1 aromatic rings. The van der Waals surface area contributed by atoms with E-state index in [1.807, 2.05) is 0 Å². The van der Waals surface area contributed by atoms with Crippen LogP contribution in [-0.2, 0) is 6.42 Å². The molecule has 16 heavy (non-hydrogen) atoms. The maximum absolute atomic E-state index is 12.4. The third kappa shape index (κ3) is 3.10. The molecule has 0 aromatic heterocycles. The van der Waals surface area contributed by atoms with E-state index in [2.05, 4.69) is 0 Å². The van der Waals surface area contributed by atoms with Crippen molar-refractivity contribution < 1.29 is 13.2 Å². The summed E-state index contributed by atoms with van der Waals surface area (Å²) >= 11 is 21.8. The van der Waals surface area contributed by atoms with Gasteiger partial charge < -0.3 is 0 Å². The van der Waals surface area contributed by atoms with E-state index in [1.54, 1.807) is 0 Å². The van der Waals surface area contributed by atoms with Gasteiger partial charge in [0.1, 0.15) is 0 Å². The zero-order valence-electron chi connectivity index (χ0n) is 7.58. The first-order chi connectivity index (χ1) is 7.15. The largest absolute Gasteiger partial charge is 0.421 e. The molecule has 0 saturated carbocycles. The van der Waals surface area contributed by atoms with E-state index in [1.165, 1.54) is 18.2 Å². The van der Waals surface area contributed by atoms with Crippen molar-refractivity contribution in [1.29, 1.82) is 0 Å². The Morgan fingerprint density at radius 3 is 2.12 bits per heavy atom. The summed E-state index contributed by atoms with van der Waals surface area (Å²) in [5.74, 6) is 0. The van der Waals surface area contributed by atoms with Gasteiger partial charge in [-0.1, -0.05) is 58.5 Å². The normalized spacial score (nSPS) is 12.9. The monoisotopic (exact) mass is 310 g/mol. The lowest BCUT2D eigenvalue weighted by molar-refractivity contribution is -0.141. The molecular weight excluding hydrogens is 307 g/mol. The van der Waals surface area contributed by atoms with Gasteiger partial charge in [0.05, 0.1) is 10.0 Å². The Hall–Kier alpha value is 0.170. The Morgan fingerprint density at radius 2 is 1.62 bits per heavy atom. The molecule has 0 unspecified atom stereocenters. The lowest BCUT2D eigenvalue weighted by Crippen LogP contribution is -2.36. The fourth-order valence-corrected chi connectivity index (χ4v) is 1.70. The van der Waals surface area contributed by atoms with Crippen molar-refractivity contribution >= 4 is 46.4 Å². The molecule has 0 N–H and O–H groups in total. The minimum Gasteiger partial charge on any atom is -0.168 e. The van der Waals surface area contributed by atoms with Crippen molar-refractivity contribution in [2.24, 2.45) is 0 Å². The predicted octanol–water partition coefficient (Wildman–Crippen LogP) is 5.27. The van der Waals surface area contributed by atoms with Crippen LogP contribution < -0.4 is 0 Å². The SMILES string of the molecule is FC(F)(F)C(Cl)(Cl)Cc1cccc(Cl)c1Cl. The predicted molar refractivity (Wildman–Crippen MR) is 60.7 cm³/mol. The molecule has 0 amide bonds. The minimum atomic E-state index is -4.73. The van der Waals surface area contributed by atoms with Crippen LogP contribution in [0.1, 0.15) is 5.56 Å². The smallest absolute Gasteiger partial charge is 0.168 e. The van der Waals surface area contributed by atoms with E-state index in [9.17, 15) is 13.2 Å². The lowest BCUT2D eigenvalue weighted by atomic mass is 10.1. The van der Waals surface area contributed by atoms with Gasteiger partial charge in [0.2, 0.25) is 4.33 Å². The van der Waals surface area contributed by atoms with Crippen LogP contribution in [0.15, 0.2) is 18.2 Å². The number of hydrogen-bond acceptors (Lipinski definition) is 0. The zero-order valence-corrected chi connectivity index (χ0v) is 10.6. The summed E-state index contributed by atoms with van der Waals surface area (Å²) in [5.41, 5.74) is 0.150. The molecule has 0 nitrogen and oxygen atoms in total. The summed E-state index contributed by atoms with van der Waals surface area (Å²) in [5, 5.41) is 0.185. The highest BCUT2D eigenvalue weighted by Gasteiger charge is 2.52. The Bertz CT molecular complexity index is 387. The lowest BCUT2D eigenvalue weighted by Gasteiger charge is -2.23. The molecule has 0 aliphatic heterocycles. The van der Waals surface area contributed by atoms with Crippen LogP contribution in [0.3, 0.4) is 0 Å². The Labute approximate surface area is 110 Å². The van der Waals surface area contributed by atoms with Gasteiger partial charge in [-0.3, -0.25) is 0 Å². The van der Waals surface area contributed by atoms with Crippen LogP contribution in [-0.4, -0.2) is 10.5 Å². The van der Waals surface area contributed by atoms with Crippen LogP contribution in [0.5, 0.6) is 0 Å². The topological polar surface area (TPSA) is 0 Å². The molecular formula is C9H5Cl4F3. The van der Waals surface area contributed by atoms with Crippen molar-refractivity contribution in [3.05, 3.63) is 33.8 Å². The van der Waals surface area contributed by atoms with Crippen LogP contribution >= 0.6 is 46.4 Å². The van der Waals surface area contributed by atoms with Gasteiger partial charge in [0.15, 0.2) is 0 Å². The standard InChI is InChI=1S/C9H5Cl4F3/c10-6-3-1-2-5(7(6)11)4-8(12,13)9(14,15)16/h1-3H,4H2. The fourth-order valence-electron chi connectivity index (χ4n) is 1.02. The number of rotatable bonds is 2. The highest BCUT2D eigenvalue weighted by Crippen LogP contribution is 2.43. The van der Waals surface area contributed by atoms with E-state index < -0.39 is 16.9 Å². The number of halogens is 7. The first kappa shape index (κ1) is 14.2. The van der Waals surface area contributed by atoms with Gasteiger partial charge >= 0.3 is 6.18 Å². The van der Waals surface area contributed by atoms with Crippen molar-refractivity contribution in [3.63, 3.8) is 0 Å². The van der Waals surface area contributed by atoms with Gasteiger partial charge in [-0.05, 0) is 11.6 Å². The van der Waals surface area contributed by atoms with Crippen LogP contribution in [0, 0.1) is 0 Å². The molecule has 0 spiro atoms. The van der Waals surface area contributed by atoms with Gasteiger partial charge in [0, 0.05) is 6.42 Å². The van der Waals surface area contributed by atoms with E-state index in [-0.39, 0.29) is 15.6 Å². The Kier molecular flexibility index (Phi) is 4.28. The third-order valence-corrected chi connectivity index (χ3v) is 3.41. The van der Waals surface area contributed by atoms with E-state index in [0.717, 1.165) is 0 Å². The Morgan fingerprint density at radius 1 is 1.06 bits per heavy atom. The number of benzene rings is 1. The highest BCUT2D eigenvalue weighted by molar-refractivity contribution is 6.49. The summed E-state index contributed by atoms with van der Waals surface area (Å²) in [4.78, 5) is 0. The van der Waals surface area contributed by atoms with Gasteiger partial charge in [-0.2, -0.15) is 13.2 Å². The molecule has 7 heteroatoms. The molecule has 0 heterocycles. The Balaban J connectivity index is 3.02. The first-order valence-electron chi connectivity index (χ1n) is 4.02. The molecule has 90 valence electrons. The minimum absolute atomic E-state index is 0.0269. The fraction of sp³-hybridized carbons (Fsp3) is 0.333. The maximum atomic E-state index is 12.4. The van der Waals surface area contributed by atoms with Crippen molar-refractivity contribution in [2.45, 2.75) is 16.9 Å². The van der Waals surface area contributed by atoms with Crippen LogP contribution in [0.2, 0.25) is 10.0 Å². The van der Waals surface area contributed by atoms with Gasteiger partial charge in [0.25, 0.3) is 0 Å². The van der Waals surface area contributed by atoms with Crippen molar-refractivity contribution in [2.75, 3.05) is 0 Å². The molecule has 0 atom stereocenters. The summed E-state index contributed by atoms with van der Waals surface area (Å²) in [6.07, 6.45) is -5.39. The molecule has 0 bridgehead atoms. The highest BCUT2D eigenvalue weighted by atomic mass is 35.5. The molecule has 0 fully saturated rings. The van der Waals surface area contributed by atoms with E-state index in [4.69, 9.17) is 46.4 Å². The van der Waals surface area contributed by atoms with Gasteiger partial charge in [-0.25, -0.2) is 0 Å². The average Bonchev–Trinajstić information content (AvgIpc) is 2.11. The molecule has 0 aliphatic carbocycles. The van der Waals surface area contributed by atoms with Crippen LogP contribution in [0.25, 0.3) is 0 Å². The summed E-state index contributed by atoms with van der Waals surface area (Å²) in [6, 6.07) is 4.33. The third-order valence-electron chi connectivity index (χ3n) is 1.86. The van der Waals surface area contributed by atoms with E-state index >= 15 is 0 Å². The molecule has 1 rings (SSSR count). The second-order valence-corrected chi connectivity index (χ2v) is 5.36. The molecule has 1 aromatic carbocycles. The van der Waals surface area contributed by atoms with Gasteiger partial charge in [-0.15, -0.1) is 0 Å². The zero-order chi connectivity index (χ0) is 12.6. The average molecular weight is 312 g/mol. The second kappa shape index (κ2) is 4.81. The number of hydrogen-bond donors (Lipinski definition) is 0.